The van der Waals surface area contributed by atoms with Gasteiger partial charge in [-0.15, -0.1) is 0 Å². The number of carbonyl (C=O) groups is 2. The summed E-state index contributed by atoms with van der Waals surface area (Å²) in [6.45, 7) is 11.5. The van der Waals surface area contributed by atoms with E-state index in [1.54, 1.807) is 25.3 Å². The van der Waals surface area contributed by atoms with Crippen LogP contribution in [0.1, 0.15) is 50.5 Å². The second-order valence-corrected chi connectivity index (χ2v) is 6.53. The van der Waals surface area contributed by atoms with E-state index in [0.29, 0.717) is 29.9 Å². The number of Topliss-reactive ketones (excluding diaryl/α,β-unsaturated/α-hetero) is 1. The Balaban J connectivity index is 2.65. The molecule has 1 rings (SSSR count). The van der Waals surface area contributed by atoms with Crippen LogP contribution in [0, 0.1) is 0 Å². The predicted molar refractivity (Wildman–Crippen MR) is 96.7 cm³/mol. The second-order valence-electron chi connectivity index (χ2n) is 6.53. The summed E-state index contributed by atoms with van der Waals surface area (Å²) in [6.07, 6.45) is 0.202. The van der Waals surface area contributed by atoms with Crippen LogP contribution in [0.4, 0.5) is 0 Å². The SMILES string of the molecule is COc1ccc(C(C)=O)cc1CC(=O)NCCN(C(C)C)C(C)C. The van der Waals surface area contributed by atoms with E-state index in [0.717, 1.165) is 12.1 Å². The maximum absolute atomic E-state index is 12.2. The van der Waals surface area contributed by atoms with Crippen molar-refractivity contribution in [1.82, 2.24) is 10.2 Å². The molecule has 0 bridgehead atoms. The Morgan fingerprint density at radius 1 is 1.17 bits per heavy atom. The molecule has 0 aromatic heterocycles. The van der Waals surface area contributed by atoms with Gasteiger partial charge in [0.05, 0.1) is 13.5 Å². The summed E-state index contributed by atoms with van der Waals surface area (Å²) >= 11 is 0. The number of rotatable bonds is 9. The molecule has 0 radical (unpaired) electrons. The molecule has 0 fully saturated rings. The fraction of sp³-hybridized carbons (Fsp3) is 0.579. The molecule has 0 aliphatic rings. The molecule has 0 aliphatic carbocycles. The summed E-state index contributed by atoms with van der Waals surface area (Å²) in [6, 6.07) is 6.06. The van der Waals surface area contributed by atoms with Crippen molar-refractivity contribution >= 4 is 11.7 Å². The average molecular weight is 334 g/mol. The average Bonchev–Trinajstić information content (AvgIpc) is 2.50. The summed E-state index contributed by atoms with van der Waals surface area (Å²) in [5.74, 6) is 0.534. The molecule has 1 amide bonds. The van der Waals surface area contributed by atoms with E-state index in [9.17, 15) is 9.59 Å². The molecule has 134 valence electrons. The molecule has 0 unspecified atom stereocenters. The minimum Gasteiger partial charge on any atom is -0.496 e. The quantitative estimate of drug-likeness (QED) is 0.706. The zero-order valence-electron chi connectivity index (χ0n) is 15.7. The second kappa shape index (κ2) is 9.42. The lowest BCUT2D eigenvalue weighted by atomic mass is 10.0. The van der Waals surface area contributed by atoms with E-state index in [4.69, 9.17) is 4.74 Å². The van der Waals surface area contributed by atoms with E-state index in [2.05, 4.69) is 37.9 Å². The number of carbonyl (C=O) groups excluding carboxylic acids is 2. The molecule has 1 aromatic carbocycles. The third-order valence-corrected chi connectivity index (χ3v) is 4.06. The zero-order valence-corrected chi connectivity index (χ0v) is 15.7. The molecule has 0 aliphatic heterocycles. The lowest BCUT2D eigenvalue weighted by Crippen LogP contribution is -2.42. The molecular weight excluding hydrogens is 304 g/mol. The normalized spacial score (nSPS) is 11.2. The van der Waals surface area contributed by atoms with Crippen LogP contribution < -0.4 is 10.1 Å². The molecule has 1 N–H and O–H groups in total. The monoisotopic (exact) mass is 334 g/mol. The van der Waals surface area contributed by atoms with Crippen molar-refractivity contribution in [2.24, 2.45) is 0 Å². The van der Waals surface area contributed by atoms with Gasteiger partial charge in [-0.25, -0.2) is 0 Å². The maximum Gasteiger partial charge on any atom is 0.224 e. The first kappa shape index (κ1) is 20.2. The van der Waals surface area contributed by atoms with Crippen molar-refractivity contribution in [1.29, 1.82) is 0 Å². The van der Waals surface area contributed by atoms with Gasteiger partial charge in [0.25, 0.3) is 0 Å². The third-order valence-electron chi connectivity index (χ3n) is 4.06. The number of nitrogens with one attached hydrogen (secondary N) is 1. The summed E-state index contributed by atoms with van der Waals surface area (Å²) in [7, 11) is 1.56. The predicted octanol–water partition coefficient (Wildman–Crippen LogP) is 2.68. The summed E-state index contributed by atoms with van der Waals surface area (Å²) < 4.78 is 5.29. The number of benzene rings is 1. The Labute approximate surface area is 145 Å². The standard InChI is InChI=1S/C19H30N2O3/c1-13(2)21(14(3)4)10-9-20-19(23)12-17-11-16(15(5)22)7-8-18(17)24-6/h7-8,11,13-14H,9-10,12H2,1-6H3,(H,20,23). The molecule has 1 aromatic rings. The Bertz CT molecular complexity index is 560. The van der Waals surface area contributed by atoms with Gasteiger partial charge in [-0.2, -0.15) is 0 Å². The number of ether oxygens (including phenoxy) is 1. The maximum atomic E-state index is 12.2. The molecule has 5 heteroatoms. The first-order chi connectivity index (χ1) is 11.3. The number of ketones is 1. The van der Waals surface area contributed by atoms with E-state index in [-0.39, 0.29) is 18.1 Å². The van der Waals surface area contributed by atoms with Gasteiger partial charge < -0.3 is 10.1 Å². The molecule has 0 saturated heterocycles. The molecular formula is C19H30N2O3. The molecule has 0 atom stereocenters. The summed E-state index contributed by atoms with van der Waals surface area (Å²) in [4.78, 5) is 26.1. The fourth-order valence-electron chi connectivity index (χ4n) is 2.81. The minimum absolute atomic E-state index is 0.0242. The summed E-state index contributed by atoms with van der Waals surface area (Å²) in [5.41, 5.74) is 1.32. The zero-order chi connectivity index (χ0) is 18.3. The van der Waals surface area contributed by atoms with Crippen LogP contribution in [0.25, 0.3) is 0 Å². The van der Waals surface area contributed by atoms with Gasteiger partial charge in [-0.1, -0.05) is 0 Å². The van der Waals surface area contributed by atoms with Crippen molar-refractivity contribution in [3.05, 3.63) is 29.3 Å². The number of amides is 1. The molecule has 0 spiro atoms. The first-order valence-corrected chi connectivity index (χ1v) is 8.46. The lowest BCUT2D eigenvalue weighted by Gasteiger charge is -2.30. The highest BCUT2D eigenvalue weighted by Gasteiger charge is 2.14. The van der Waals surface area contributed by atoms with Gasteiger partial charge in [-0.3, -0.25) is 14.5 Å². The largest absolute Gasteiger partial charge is 0.496 e. The van der Waals surface area contributed by atoms with Gasteiger partial charge in [0.1, 0.15) is 5.75 Å². The van der Waals surface area contributed by atoms with E-state index < -0.39 is 0 Å². The number of hydrogen-bond acceptors (Lipinski definition) is 4. The summed E-state index contributed by atoms with van der Waals surface area (Å²) in [5, 5.41) is 2.95. The lowest BCUT2D eigenvalue weighted by molar-refractivity contribution is -0.120. The minimum atomic E-state index is -0.0681. The number of methoxy groups -OCH3 is 1. The van der Waals surface area contributed by atoms with Gasteiger partial charge in [0, 0.05) is 36.3 Å². The van der Waals surface area contributed by atoms with Crippen LogP contribution in [-0.4, -0.2) is 48.9 Å². The smallest absolute Gasteiger partial charge is 0.224 e. The van der Waals surface area contributed by atoms with Crippen molar-refractivity contribution in [3.8, 4) is 5.75 Å². The van der Waals surface area contributed by atoms with Crippen LogP contribution in [0.15, 0.2) is 18.2 Å². The van der Waals surface area contributed by atoms with Crippen LogP contribution in [0.5, 0.6) is 5.75 Å². The number of hydrogen-bond donors (Lipinski definition) is 1. The van der Waals surface area contributed by atoms with E-state index in [1.165, 1.54) is 6.92 Å². The van der Waals surface area contributed by atoms with Crippen LogP contribution in [0.2, 0.25) is 0 Å². The Hall–Kier alpha value is -1.88. The topological polar surface area (TPSA) is 58.6 Å². The fourth-order valence-corrected chi connectivity index (χ4v) is 2.81. The van der Waals surface area contributed by atoms with Crippen LogP contribution in [0.3, 0.4) is 0 Å². The van der Waals surface area contributed by atoms with Crippen molar-refractivity contribution in [3.63, 3.8) is 0 Å². The molecule has 0 heterocycles. The highest BCUT2D eigenvalue weighted by molar-refractivity contribution is 5.94. The molecule has 0 saturated carbocycles. The molecule has 24 heavy (non-hydrogen) atoms. The number of nitrogens with zero attached hydrogens (tertiary/aromatic N) is 1. The van der Waals surface area contributed by atoms with Crippen molar-refractivity contribution in [2.75, 3.05) is 20.2 Å². The third kappa shape index (κ3) is 5.96. The van der Waals surface area contributed by atoms with Gasteiger partial charge in [0.2, 0.25) is 5.91 Å². The van der Waals surface area contributed by atoms with Crippen LogP contribution in [-0.2, 0) is 11.2 Å². The van der Waals surface area contributed by atoms with Gasteiger partial charge in [-0.05, 0) is 52.8 Å². The van der Waals surface area contributed by atoms with Crippen LogP contribution >= 0.6 is 0 Å². The Kier molecular flexibility index (Phi) is 7.92. The Morgan fingerprint density at radius 3 is 2.29 bits per heavy atom. The first-order valence-electron chi connectivity index (χ1n) is 8.46. The molecule has 5 nitrogen and oxygen atoms in total. The van der Waals surface area contributed by atoms with Gasteiger partial charge in [0.15, 0.2) is 5.78 Å². The van der Waals surface area contributed by atoms with Crippen molar-refractivity contribution in [2.45, 2.75) is 53.1 Å². The van der Waals surface area contributed by atoms with E-state index >= 15 is 0 Å². The highest BCUT2D eigenvalue weighted by atomic mass is 16.5. The Morgan fingerprint density at radius 2 is 1.79 bits per heavy atom. The van der Waals surface area contributed by atoms with Gasteiger partial charge >= 0.3 is 0 Å². The van der Waals surface area contributed by atoms with E-state index in [1.807, 2.05) is 0 Å². The highest BCUT2D eigenvalue weighted by Crippen LogP contribution is 2.20. The van der Waals surface area contributed by atoms with Crippen molar-refractivity contribution < 1.29 is 14.3 Å².